The van der Waals surface area contributed by atoms with Crippen molar-refractivity contribution in [2.75, 3.05) is 7.11 Å². The molecule has 140 valence electrons. The van der Waals surface area contributed by atoms with Gasteiger partial charge in [0.05, 0.1) is 0 Å². The summed E-state index contributed by atoms with van der Waals surface area (Å²) in [5.41, 5.74) is 1.81. The van der Waals surface area contributed by atoms with E-state index in [1.54, 1.807) is 7.11 Å². The van der Waals surface area contributed by atoms with E-state index in [0.717, 1.165) is 15.6 Å². The van der Waals surface area contributed by atoms with Crippen LogP contribution in [0.4, 0.5) is 4.79 Å². The van der Waals surface area contributed by atoms with Gasteiger partial charge in [0.2, 0.25) is 0 Å². The zero-order valence-electron chi connectivity index (χ0n) is 15.3. The molecule has 3 aromatic carbocycles. The normalized spacial score (nSPS) is 16.3. The zero-order valence-corrected chi connectivity index (χ0v) is 17.0. The van der Waals surface area contributed by atoms with Crippen LogP contribution in [0.25, 0.3) is 5.76 Å². The van der Waals surface area contributed by atoms with Crippen LogP contribution in [-0.2, 0) is 4.74 Å². The van der Waals surface area contributed by atoms with E-state index in [4.69, 9.17) is 9.47 Å². The van der Waals surface area contributed by atoms with E-state index in [0.29, 0.717) is 11.5 Å². The van der Waals surface area contributed by atoms with Crippen LogP contribution < -0.4 is 14.5 Å². The molecule has 4 nitrogen and oxygen atoms in total. The number of rotatable bonds is 5. The molecule has 1 heterocycles. The van der Waals surface area contributed by atoms with E-state index < -0.39 is 6.09 Å². The average molecular weight is 436 g/mol. The molecule has 0 saturated heterocycles. The molecule has 0 radical (unpaired) electrons. The monoisotopic (exact) mass is 437 g/mol. The van der Waals surface area contributed by atoms with Crippen LogP contribution in [0.2, 0.25) is 0 Å². The number of nitrogens with one attached hydrogen (secondary N) is 1. The predicted molar refractivity (Wildman–Crippen MR) is 111 cm³/mol. The number of carbonyl (C=O) groups excluding carboxylic acids is 1. The van der Waals surface area contributed by atoms with E-state index in [2.05, 4.69) is 17.4 Å². The van der Waals surface area contributed by atoms with Gasteiger partial charge in [0.1, 0.15) is 0 Å². The molecule has 0 fully saturated rings. The van der Waals surface area contributed by atoms with Crippen LogP contribution >= 0.6 is 0 Å². The second-order valence-electron chi connectivity index (χ2n) is 6.19. The SMILES string of the molecule is COc1ccccc1C1=C([Se]c2ccccc2)[C@H](c2ccccc2)NC(=O)O1. The van der Waals surface area contributed by atoms with E-state index in [9.17, 15) is 4.79 Å². The molecule has 3 aromatic rings. The van der Waals surface area contributed by atoms with Crippen LogP contribution in [0.3, 0.4) is 0 Å². The van der Waals surface area contributed by atoms with Gasteiger partial charge in [0.25, 0.3) is 0 Å². The molecule has 0 saturated carbocycles. The first-order valence-corrected chi connectivity index (χ1v) is 10.6. The van der Waals surface area contributed by atoms with Gasteiger partial charge in [0, 0.05) is 0 Å². The molecule has 0 bridgehead atoms. The molecule has 4 rings (SSSR count). The van der Waals surface area contributed by atoms with Crippen molar-refractivity contribution in [3.05, 3.63) is 101 Å². The van der Waals surface area contributed by atoms with Crippen molar-refractivity contribution in [2.24, 2.45) is 0 Å². The molecule has 1 amide bonds. The summed E-state index contributed by atoms with van der Waals surface area (Å²) in [6.45, 7) is 0. The summed E-state index contributed by atoms with van der Waals surface area (Å²) in [6.07, 6.45) is -0.456. The van der Waals surface area contributed by atoms with Crippen molar-refractivity contribution in [2.45, 2.75) is 6.04 Å². The van der Waals surface area contributed by atoms with Gasteiger partial charge in [-0.2, -0.15) is 0 Å². The summed E-state index contributed by atoms with van der Waals surface area (Å²) in [7, 11) is 1.62. The van der Waals surface area contributed by atoms with Crippen molar-refractivity contribution < 1.29 is 14.3 Å². The number of methoxy groups -OCH3 is 1. The number of ether oxygens (including phenoxy) is 2. The summed E-state index contributed by atoms with van der Waals surface area (Å²) in [6, 6.07) is 27.6. The number of hydrogen-bond acceptors (Lipinski definition) is 3. The molecule has 1 aliphatic rings. The molecule has 1 N–H and O–H groups in total. The van der Waals surface area contributed by atoms with Crippen molar-refractivity contribution in [1.82, 2.24) is 5.32 Å². The molecule has 28 heavy (non-hydrogen) atoms. The van der Waals surface area contributed by atoms with Crippen LogP contribution in [0.1, 0.15) is 17.2 Å². The van der Waals surface area contributed by atoms with E-state index in [-0.39, 0.29) is 21.0 Å². The van der Waals surface area contributed by atoms with Crippen molar-refractivity contribution in [3.8, 4) is 5.75 Å². The molecule has 0 spiro atoms. The number of amides is 1. The maximum atomic E-state index is 12.4. The number of para-hydroxylation sites is 1. The number of alkyl carbamates (subject to hydrolysis) is 1. The molecule has 1 aliphatic heterocycles. The third-order valence-electron chi connectivity index (χ3n) is 4.40. The second kappa shape index (κ2) is 8.34. The minimum atomic E-state index is -0.456. The van der Waals surface area contributed by atoms with E-state index in [1.165, 1.54) is 4.46 Å². The van der Waals surface area contributed by atoms with Crippen molar-refractivity contribution in [3.63, 3.8) is 0 Å². The summed E-state index contributed by atoms with van der Waals surface area (Å²) in [5, 5.41) is 3.00. The first-order valence-electron chi connectivity index (χ1n) is 8.90. The summed E-state index contributed by atoms with van der Waals surface area (Å²) >= 11 is -0.0499. The van der Waals surface area contributed by atoms with E-state index in [1.807, 2.05) is 72.8 Å². The van der Waals surface area contributed by atoms with Gasteiger partial charge < -0.3 is 0 Å². The number of cyclic esters (lactones) is 1. The van der Waals surface area contributed by atoms with Gasteiger partial charge in [0.15, 0.2) is 0 Å². The van der Waals surface area contributed by atoms with Gasteiger partial charge in [-0.05, 0) is 0 Å². The van der Waals surface area contributed by atoms with Gasteiger partial charge in [-0.25, -0.2) is 0 Å². The van der Waals surface area contributed by atoms with Crippen LogP contribution in [0.5, 0.6) is 5.75 Å². The third kappa shape index (κ3) is 3.81. The number of benzene rings is 3. The molecule has 5 heteroatoms. The molecule has 0 aliphatic carbocycles. The summed E-state index contributed by atoms with van der Waals surface area (Å²) < 4.78 is 13.5. The van der Waals surface area contributed by atoms with Gasteiger partial charge in [-0.1, -0.05) is 0 Å². The average Bonchev–Trinajstić information content (AvgIpc) is 2.76. The Morgan fingerprint density at radius 3 is 2.25 bits per heavy atom. The second-order valence-corrected chi connectivity index (χ2v) is 8.53. The van der Waals surface area contributed by atoms with Gasteiger partial charge >= 0.3 is 170 Å². The Morgan fingerprint density at radius 2 is 1.54 bits per heavy atom. The van der Waals surface area contributed by atoms with Crippen molar-refractivity contribution >= 4 is 31.3 Å². The fourth-order valence-corrected chi connectivity index (χ4v) is 5.42. The summed E-state index contributed by atoms with van der Waals surface area (Å²) in [5.74, 6) is 1.26. The summed E-state index contributed by atoms with van der Waals surface area (Å²) in [4.78, 5) is 12.4. The minimum absolute atomic E-state index is 0.0499. The molecule has 0 unspecified atom stereocenters. The topological polar surface area (TPSA) is 47.6 Å². The predicted octanol–water partition coefficient (Wildman–Crippen LogP) is 3.87. The molecule has 1 atom stereocenters. The Kier molecular flexibility index (Phi) is 5.47. The molecular formula is C23H19NO3Se. The fraction of sp³-hybridized carbons (Fsp3) is 0.0870. The number of carbonyl (C=O) groups is 1. The Balaban J connectivity index is 1.90. The first-order chi connectivity index (χ1) is 13.8. The third-order valence-corrected chi connectivity index (χ3v) is 6.81. The Bertz CT molecular complexity index is 1000. The first kappa shape index (κ1) is 18.4. The van der Waals surface area contributed by atoms with E-state index >= 15 is 0 Å². The van der Waals surface area contributed by atoms with Crippen LogP contribution in [0.15, 0.2) is 89.4 Å². The standard InChI is InChI=1S/C23H19NO3Se/c1-26-19-15-9-8-14-18(19)21-22(28-17-12-6-3-7-13-17)20(24-23(25)27-21)16-10-4-2-5-11-16/h2-15,20H,1H3,(H,24,25)/t20-/m0/s1. The van der Waals surface area contributed by atoms with Gasteiger partial charge in [-0.15, -0.1) is 0 Å². The van der Waals surface area contributed by atoms with Gasteiger partial charge in [-0.3, -0.25) is 0 Å². The quantitative estimate of drug-likeness (QED) is 0.618. The Hall–Kier alpha value is -3.01. The zero-order chi connectivity index (χ0) is 19.3. The molecular weight excluding hydrogens is 417 g/mol. The van der Waals surface area contributed by atoms with Crippen LogP contribution in [-0.4, -0.2) is 28.2 Å². The number of hydrogen-bond donors (Lipinski definition) is 1. The molecule has 0 aromatic heterocycles. The van der Waals surface area contributed by atoms with Crippen molar-refractivity contribution in [1.29, 1.82) is 0 Å². The van der Waals surface area contributed by atoms with Crippen LogP contribution in [0, 0.1) is 0 Å². The Labute approximate surface area is 170 Å². The maximum absolute atomic E-state index is 12.4. The fourth-order valence-electron chi connectivity index (χ4n) is 3.11. The Morgan fingerprint density at radius 1 is 0.893 bits per heavy atom.